The summed E-state index contributed by atoms with van der Waals surface area (Å²) in [5, 5.41) is 11.3. The van der Waals surface area contributed by atoms with E-state index in [0.29, 0.717) is 0 Å². The minimum absolute atomic E-state index is 0.116. The first-order valence-corrected chi connectivity index (χ1v) is 7.08. The lowest BCUT2D eigenvalue weighted by molar-refractivity contribution is 0.264. The van der Waals surface area contributed by atoms with Gasteiger partial charge in [-0.05, 0) is 12.6 Å². The van der Waals surface area contributed by atoms with Gasteiger partial charge in [0.25, 0.3) is 0 Å². The zero-order valence-electron chi connectivity index (χ0n) is 6.57. The first-order valence-electron chi connectivity index (χ1n) is 3.38. The maximum Gasteiger partial charge on any atom is 0.0931 e. The van der Waals surface area contributed by atoms with Crippen LogP contribution in [-0.2, 0) is 0 Å². The molecule has 0 amide bonds. The van der Waals surface area contributed by atoms with Gasteiger partial charge in [0.05, 0.1) is 6.73 Å². The molecule has 0 aliphatic rings. The zero-order valence-corrected chi connectivity index (χ0v) is 7.57. The Morgan fingerprint density at radius 1 is 1.33 bits per heavy atom. The molecule has 0 bridgehead atoms. The molecule has 0 unspecified atom stereocenters. The topological polar surface area (TPSA) is 32.3 Å². The fourth-order valence-corrected chi connectivity index (χ4v) is 1.47. The highest BCUT2D eigenvalue weighted by molar-refractivity contribution is 6.76. The number of nitrogens with one attached hydrogen (secondary N) is 1. The van der Waals surface area contributed by atoms with Gasteiger partial charge in [0.2, 0.25) is 0 Å². The average Bonchev–Trinajstić information content (AvgIpc) is 1.63. The second-order valence-electron chi connectivity index (χ2n) is 3.47. The zero-order chi connectivity index (χ0) is 7.33. The molecule has 0 radical (unpaired) electrons. The summed E-state index contributed by atoms with van der Waals surface area (Å²) in [5.74, 6) is 0. The number of rotatable bonds is 4. The van der Waals surface area contributed by atoms with Crippen molar-refractivity contribution in [3.8, 4) is 0 Å². The van der Waals surface area contributed by atoms with E-state index in [0.717, 1.165) is 6.54 Å². The van der Waals surface area contributed by atoms with Gasteiger partial charge in [-0.3, -0.25) is 5.32 Å². The lowest BCUT2D eigenvalue weighted by atomic mass is 10.7. The predicted octanol–water partition coefficient (Wildman–Crippen LogP) is 0.864. The first-order chi connectivity index (χ1) is 4.06. The predicted molar refractivity (Wildman–Crippen MR) is 43.2 cm³/mol. The van der Waals surface area contributed by atoms with E-state index in [-0.39, 0.29) is 6.73 Å². The highest BCUT2D eigenvalue weighted by atomic mass is 28.3. The highest BCUT2D eigenvalue weighted by Gasteiger charge is 2.10. The van der Waals surface area contributed by atoms with E-state index in [1.807, 2.05) is 0 Å². The van der Waals surface area contributed by atoms with Crippen molar-refractivity contribution in [1.29, 1.82) is 0 Å². The lowest BCUT2D eigenvalue weighted by Crippen LogP contribution is -2.27. The highest BCUT2D eigenvalue weighted by Crippen LogP contribution is 2.05. The van der Waals surface area contributed by atoms with E-state index < -0.39 is 8.07 Å². The van der Waals surface area contributed by atoms with Gasteiger partial charge in [0.15, 0.2) is 0 Å². The van der Waals surface area contributed by atoms with Crippen molar-refractivity contribution in [2.75, 3.05) is 13.3 Å². The lowest BCUT2D eigenvalue weighted by Gasteiger charge is -2.14. The van der Waals surface area contributed by atoms with Crippen molar-refractivity contribution in [1.82, 2.24) is 5.32 Å². The van der Waals surface area contributed by atoms with Crippen LogP contribution in [0, 0.1) is 0 Å². The molecule has 3 heteroatoms. The summed E-state index contributed by atoms with van der Waals surface area (Å²) in [5.41, 5.74) is 0. The van der Waals surface area contributed by atoms with Gasteiger partial charge in [-0.25, -0.2) is 0 Å². The Kier molecular flexibility index (Phi) is 4.09. The average molecular weight is 147 g/mol. The van der Waals surface area contributed by atoms with Gasteiger partial charge in [-0.2, -0.15) is 0 Å². The molecule has 0 aliphatic heterocycles. The maximum absolute atomic E-state index is 8.37. The molecule has 2 nitrogen and oxygen atoms in total. The molecule has 0 saturated heterocycles. The van der Waals surface area contributed by atoms with Gasteiger partial charge < -0.3 is 5.11 Å². The third-order valence-electron chi connectivity index (χ3n) is 1.16. The molecule has 2 N–H and O–H groups in total. The number of hydrogen-bond donors (Lipinski definition) is 2. The molecule has 56 valence electrons. The Morgan fingerprint density at radius 3 is 2.22 bits per heavy atom. The van der Waals surface area contributed by atoms with Crippen LogP contribution in [0.5, 0.6) is 0 Å². The summed E-state index contributed by atoms with van der Waals surface area (Å²) in [6, 6.07) is 1.24. The SMILES string of the molecule is C[Si](C)(C)CCNCO. The van der Waals surface area contributed by atoms with Gasteiger partial charge >= 0.3 is 0 Å². The Labute approximate surface area is 58.3 Å². The second-order valence-corrected chi connectivity index (χ2v) is 9.09. The molecule has 0 aromatic heterocycles. The van der Waals surface area contributed by atoms with E-state index in [1.54, 1.807) is 0 Å². The molecule has 0 spiro atoms. The third kappa shape index (κ3) is 8.14. The van der Waals surface area contributed by atoms with Gasteiger partial charge in [0.1, 0.15) is 0 Å². The molecule has 0 aliphatic carbocycles. The van der Waals surface area contributed by atoms with Crippen molar-refractivity contribution in [2.45, 2.75) is 25.7 Å². The maximum atomic E-state index is 8.37. The Morgan fingerprint density at radius 2 is 1.89 bits per heavy atom. The van der Waals surface area contributed by atoms with E-state index in [9.17, 15) is 0 Å². The van der Waals surface area contributed by atoms with Gasteiger partial charge in [0, 0.05) is 8.07 Å². The molecular formula is C6H17NOSi. The quantitative estimate of drug-likeness (QED) is 0.351. The van der Waals surface area contributed by atoms with Crippen molar-refractivity contribution in [3.05, 3.63) is 0 Å². The van der Waals surface area contributed by atoms with E-state index >= 15 is 0 Å². The van der Waals surface area contributed by atoms with Crippen LogP contribution >= 0.6 is 0 Å². The number of aliphatic hydroxyl groups is 1. The number of aliphatic hydroxyl groups excluding tert-OH is 1. The van der Waals surface area contributed by atoms with Crippen molar-refractivity contribution >= 4 is 8.07 Å². The van der Waals surface area contributed by atoms with Crippen LogP contribution in [0.1, 0.15) is 0 Å². The second kappa shape index (κ2) is 4.03. The molecule has 0 atom stereocenters. The van der Waals surface area contributed by atoms with Crippen LogP contribution < -0.4 is 5.32 Å². The fourth-order valence-electron chi connectivity index (χ4n) is 0.542. The normalized spacial score (nSPS) is 12.0. The third-order valence-corrected chi connectivity index (χ3v) is 2.91. The minimum atomic E-state index is -0.868. The van der Waals surface area contributed by atoms with Gasteiger partial charge in [-0.1, -0.05) is 19.6 Å². The fraction of sp³-hybridized carbons (Fsp3) is 1.00. The molecule has 0 rings (SSSR count). The summed E-state index contributed by atoms with van der Waals surface area (Å²) >= 11 is 0. The molecule has 0 fully saturated rings. The van der Waals surface area contributed by atoms with Crippen LogP contribution in [-0.4, -0.2) is 26.5 Å². The smallest absolute Gasteiger partial charge is 0.0931 e. The van der Waals surface area contributed by atoms with Crippen LogP contribution in [0.4, 0.5) is 0 Å². The molecular weight excluding hydrogens is 130 g/mol. The van der Waals surface area contributed by atoms with Gasteiger partial charge in [-0.15, -0.1) is 0 Å². The molecule has 0 aromatic rings. The Bertz CT molecular complexity index is 69.9. The molecule has 0 heterocycles. The summed E-state index contributed by atoms with van der Waals surface area (Å²) in [6.45, 7) is 8.06. The molecule has 9 heavy (non-hydrogen) atoms. The van der Waals surface area contributed by atoms with Crippen LogP contribution in [0.3, 0.4) is 0 Å². The molecule has 0 saturated carbocycles. The Balaban J connectivity index is 3.07. The van der Waals surface area contributed by atoms with Crippen LogP contribution in [0.2, 0.25) is 25.7 Å². The summed E-state index contributed by atoms with van der Waals surface area (Å²) in [6.07, 6.45) is 0. The van der Waals surface area contributed by atoms with Crippen molar-refractivity contribution in [3.63, 3.8) is 0 Å². The van der Waals surface area contributed by atoms with E-state index in [1.165, 1.54) is 6.04 Å². The van der Waals surface area contributed by atoms with E-state index in [4.69, 9.17) is 5.11 Å². The summed E-state index contributed by atoms with van der Waals surface area (Å²) in [4.78, 5) is 0. The minimum Gasteiger partial charge on any atom is -0.381 e. The summed E-state index contributed by atoms with van der Waals surface area (Å²) < 4.78 is 0. The Hall–Kier alpha value is 0.137. The largest absolute Gasteiger partial charge is 0.381 e. The summed E-state index contributed by atoms with van der Waals surface area (Å²) in [7, 11) is -0.868. The van der Waals surface area contributed by atoms with Crippen LogP contribution in [0.15, 0.2) is 0 Å². The van der Waals surface area contributed by atoms with Crippen molar-refractivity contribution in [2.24, 2.45) is 0 Å². The van der Waals surface area contributed by atoms with Crippen molar-refractivity contribution < 1.29 is 5.11 Å². The van der Waals surface area contributed by atoms with E-state index in [2.05, 4.69) is 25.0 Å². The van der Waals surface area contributed by atoms with Crippen LogP contribution in [0.25, 0.3) is 0 Å². The standard InChI is InChI=1S/C6H17NOSi/c1-9(2,3)5-4-7-6-8/h7-8H,4-6H2,1-3H3. The first kappa shape index (κ1) is 9.14. The molecule has 0 aromatic carbocycles. The number of hydrogen-bond acceptors (Lipinski definition) is 2. The monoisotopic (exact) mass is 147 g/mol.